The van der Waals surface area contributed by atoms with Crippen LogP contribution in [0.3, 0.4) is 0 Å². The van der Waals surface area contributed by atoms with E-state index in [-0.39, 0.29) is 17.5 Å². The Labute approximate surface area is 236 Å². The number of rotatable bonds is 11. The molecule has 210 valence electrons. The Balaban J connectivity index is 1.42. The lowest BCUT2D eigenvalue weighted by atomic mass is 9.87. The molecule has 4 rings (SSSR count). The first-order valence-electron chi connectivity index (χ1n) is 13.8. The molecule has 1 heterocycles. The highest BCUT2D eigenvalue weighted by Crippen LogP contribution is 2.31. The standard InChI is InChI=1S/C33H39N3O4/c1-6-35-30(34-36(32(35)39)22-24-12-17-27(18-13-24)33(2,3)4)9-7-8-23-10-15-26(16-11-23)28-20-25(21-31(37)38)14-19-29(28)40-5/h10-20H,6-9,21-22H2,1-5H3,(H,37,38). The number of aryl methyl sites for hydroxylation is 2. The summed E-state index contributed by atoms with van der Waals surface area (Å²) in [7, 11) is 1.62. The van der Waals surface area contributed by atoms with Gasteiger partial charge in [0.15, 0.2) is 0 Å². The Morgan fingerprint density at radius 3 is 2.17 bits per heavy atom. The first kappa shape index (κ1) is 28.9. The van der Waals surface area contributed by atoms with E-state index in [4.69, 9.17) is 14.9 Å². The second-order valence-corrected chi connectivity index (χ2v) is 11.2. The van der Waals surface area contributed by atoms with Crippen molar-refractivity contribution in [1.82, 2.24) is 14.3 Å². The van der Waals surface area contributed by atoms with Gasteiger partial charge >= 0.3 is 11.7 Å². The molecule has 0 spiro atoms. The van der Waals surface area contributed by atoms with Gasteiger partial charge in [0.1, 0.15) is 11.6 Å². The van der Waals surface area contributed by atoms with E-state index in [1.165, 1.54) is 11.1 Å². The fraction of sp³-hybridized carbons (Fsp3) is 0.364. The molecule has 0 amide bonds. The number of methoxy groups -OCH3 is 1. The van der Waals surface area contributed by atoms with Crippen LogP contribution in [0.4, 0.5) is 0 Å². The zero-order chi connectivity index (χ0) is 28.9. The van der Waals surface area contributed by atoms with E-state index in [0.29, 0.717) is 25.3 Å². The van der Waals surface area contributed by atoms with E-state index < -0.39 is 5.97 Å². The third kappa shape index (κ3) is 6.89. The lowest BCUT2D eigenvalue weighted by Crippen LogP contribution is -2.25. The summed E-state index contributed by atoms with van der Waals surface area (Å²) in [5.41, 5.74) is 6.12. The molecule has 0 radical (unpaired) electrons. The third-order valence-electron chi connectivity index (χ3n) is 7.22. The molecule has 1 aromatic heterocycles. The minimum atomic E-state index is -0.862. The van der Waals surface area contributed by atoms with Gasteiger partial charge in [0.05, 0.1) is 20.1 Å². The van der Waals surface area contributed by atoms with Gasteiger partial charge < -0.3 is 9.84 Å². The molecular formula is C33H39N3O4. The number of carboxylic acids is 1. The molecule has 0 aliphatic rings. The van der Waals surface area contributed by atoms with Crippen molar-refractivity contribution >= 4 is 5.97 Å². The summed E-state index contributed by atoms with van der Waals surface area (Å²) >= 11 is 0. The van der Waals surface area contributed by atoms with Gasteiger partial charge in [-0.2, -0.15) is 5.10 Å². The number of benzene rings is 3. The molecule has 40 heavy (non-hydrogen) atoms. The van der Waals surface area contributed by atoms with Crippen molar-refractivity contribution < 1.29 is 14.6 Å². The average molecular weight is 542 g/mol. The molecule has 0 unspecified atom stereocenters. The Morgan fingerprint density at radius 2 is 1.57 bits per heavy atom. The zero-order valence-corrected chi connectivity index (χ0v) is 24.1. The maximum absolute atomic E-state index is 13.0. The summed E-state index contributed by atoms with van der Waals surface area (Å²) in [6.45, 7) is 9.60. The summed E-state index contributed by atoms with van der Waals surface area (Å²) in [4.78, 5) is 24.2. The second kappa shape index (κ2) is 12.4. The number of nitrogens with zero attached hydrogens (tertiary/aromatic N) is 3. The molecule has 0 saturated carbocycles. The van der Waals surface area contributed by atoms with Crippen molar-refractivity contribution in [3.63, 3.8) is 0 Å². The Morgan fingerprint density at radius 1 is 0.925 bits per heavy atom. The second-order valence-electron chi connectivity index (χ2n) is 11.2. The van der Waals surface area contributed by atoms with Crippen LogP contribution >= 0.6 is 0 Å². The van der Waals surface area contributed by atoms with Gasteiger partial charge in [-0.25, -0.2) is 9.48 Å². The quantitative estimate of drug-likeness (QED) is 0.256. The molecule has 3 aromatic carbocycles. The van der Waals surface area contributed by atoms with E-state index >= 15 is 0 Å². The minimum absolute atomic E-state index is 0.0306. The molecule has 0 saturated heterocycles. The molecule has 1 N–H and O–H groups in total. The topological polar surface area (TPSA) is 86.3 Å². The van der Waals surface area contributed by atoms with E-state index in [2.05, 4.69) is 57.2 Å². The van der Waals surface area contributed by atoms with Crippen LogP contribution in [0.2, 0.25) is 0 Å². The molecule has 4 aromatic rings. The minimum Gasteiger partial charge on any atom is -0.496 e. The number of hydrogen-bond donors (Lipinski definition) is 1. The highest BCUT2D eigenvalue weighted by Gasteiger charge is 2.15. The van der Waals surface area contributed by atoms with Crippen LogP contribution in [0, 0.1) is 0 Å². The lowest BCUT2D eigenvalue weighted by Gasteiger charge is -2.19. The third-order valence-corrected chi connectivity index (χ3v) is 7.22. The molecule has 0 atom stereocenters. The van der Waals surface area contributed by atoms with Crippen molar-refractivity contribution in [3.8, 4) is 16.9 Å². The number of hydrogen-bond acceptors (Lipinski definition) is 4. The van der Waals surface area contributed by atoms with Crippen LogP contribution in [-0.2, 0) is 42.6 Å². The number of ether oxygens (including phenoxy) is 1. The van der Waals surface area contributed by atoms with Crippen molar-refractivity contribution in [2.45, 2.75) is 71.9 Å². The predicted molar refractivity (Wildman–Crippen MR) is 158 cm³/mol. The first-order valence-corrected chi connectivity index (χ1v) is 13.8. The van der Waals surface area contributed by atoms with E-state index in [9.17, 15) is 9.59 Å². The van der Waals surface area contributed by atoms with Gasteiger partial charge in [-0.3, -0.25) is 9.36 Å². The highest BCUT2D eigenvalue weighted by atomic mass is 16.5. The summed E-state index contributed by atoms with van der Waals surface area (Å²) in [5, 5.41) is 13.8. The van der Waals surface area contributed by atoms with Gasteiger partial charge in [0.2, 0.25) is 0 Å². The largest absolute Gasteiger partial charge is 0.496 e. The summed E-state index contributed by atoms with van der Waals surface area (Å²) in [6, 6.07) is 22.2. The van der Waals surface area contributed by atoms with Crippen LogP contribution < -0.4 is 10.4 Å². The maximum atomic E-state index is 13.0. The lowest BCUT2D eigenvalue weighted by molar-refractivity contribution is -0.136. The number of aliphatic carboxylic acids is 1. The SMILES string of the molecule is CCn1c(CCCc2ccc(-c3cc(CC(=O)O)ccc3OC)cc2)nn(Cc2ccc(C(C)(C)C)cc2)c1=O. The van der Waals surface area contributed by atoms with Crippen LogP contribution in [0.1, 0.15) is 62.2 Å². The van der Waals surface area contributed by atoms with Crippen LogP contribution in [0.15, 0.2) is 71.5 Å². The molecule has 0 aliphatic carbocycles. The van der Waals surface area contributed by atoms with Crippen molar-refractivity contribution in [2.24, 2.45) is 0 Å². The molecule has 0 aliphatic heterocycles. The van der Waals surface area contributed by atoms with Crippen molar-refractivity contribution in [2.75, 3.05) is 7.11 Å². The molecule has 0 bridgehead atoms. The highest BCUT2D eigenvalue weighted by molar-refractivity contribution is 5.75. The van der Waals surface area contributed by atoms with Crippen molar-refractivity contribution in [1.29, 1.82) is 0 Å². The molecular weight excluding hydrogens is 502 g/mol. The normalized spacial score (nSPS) is 11.5. The molecule has 0 fully saturated rings. The van der Waals surface area contributed by atoms with E-state index in [1.54, 1.807) is 22.4 Å². The van der Waals surface area contributed by atoms with E-state index in [0.717, 1.165) is 40.9 Å². The predicted octanol–water partition coefficient (Wildman–Crippen LogP) is 5.89. The average Bonchev–Trinajstić information content (AvgIpc) is 3.22. The fourth-order valence-corrected chi connectivity index (χ4v) is 4.94. The Kier molecular flexibility index (Phi) is 8.93. The fourth-order valence-electron chi connectivity index (χ4n) is 4.94. The molecule has 7 nitrogen and oxygen atoms in total. The maximum Gasteiger partial charge on any atom is 0.346 e. The number of carbonyl (C=O) groups is 1. The van der Waals surface area contributed by atoms with Gasteiger partial charge in [-0.1, -0.05) is 75.4 Å². The first-order chi connectivity index (χ1) is 19.1. The van der Waals surface area contributed by atoms with Gasteiger partial charge in [0.25, 0.3) is 0 Å². The summed E-state index contributed by atoms with van der Waals surface area (Å²) in [6.07, 6.45) is 2.41. The molecule has 7 heteroatoms. The smallest absolute Gasteiger partial charge is 0.346 e. The number of aromatic nitrogens is 3. The van der Waals surface area contributed by atoms with Crippen LogP contribution in [0.25, 0.3) is 11.1 Å². The van der Waals surface area contributed by atoms with Gasteiger partial charge in [-0.05, 0) is 65.1 Å². The Hall–Kier alpha value is -4.13. The monoisotopic (exact) mass is 541 g/mol. The van der Waals surface area contributed by atoms with Gasteiger partial charge in [-0.15, -0.1) is 0 Å². The van der Waals surface area contributed by atoms with Crippen LogP contribution in [0.5, 0.6) is 5.75 Å². The Bertz CT molecular complexity index is 1510. The summed E-state index contributed by atoms with van der Waals surface area (Å²) in [5.74, 6) is 0.662. The zero-order valence-electron chi connectivity index (χ0n) is 24.1. The van der Waals surface area contributed by atoms with E-state index in [1.807, 2.05) is 31.2 Å². The van der Waals surface area contributed by atoms with Crippen molar-refractivity contribution in [3.05, 3.63) is 105 Å². The van der Waals surface area contributed by atoms with Crippen LogP contribution in [-0.4, -0.2) is 32.5 Å². The van der Waals surface area contributed by atoms with Gasteiger partial charge in [0, 0.05) is 18.5 Å². The summed E-state index contributed by atoms with van der Waals surface area (Å²) < 4.78 is 8.85. The number of carboxylic acid groups (broad SMARTS) is 1.